The number of hydrogen-bond donors (Lipinski definition) is 2. The Balaban J connectivity index is 3.08. The highest BCUT2D eigenvalue weighted by atomic mass is 16.5. The average Bonchev–Trinajstić information content (AvgIpc) is 2.37. The summed E-state index contributed by atoms with van der Waals surface area (Å²) in [5.74, 6) is 0.146. The van der Waals surface area contributed by atoms with E-state index in [9.17, 15) is 4.79 Å². The molecule has 0 aromatic carbocycles. The summed E-state index contributed by atoms with van der Waals surface area (Å²) < 4.78 is 10.6. The van der Waals surface area contributed by atoms with Gasteiger partial charge < -0.3 is 20.5 Å². The van der Waals surface area contributed by atoms with Crippen LogP contribution in [0.3, 0.4) is 0 Å². The molecule has 0 saturated carbocycles. The summed E-state index contributed by atoms with van der Waals surface area (Å²) in [6.45, 7) is 6.58. The van der Waals surface area contributed by atoms with Gasteiger partial charge in [-0.2, -0.15) is 0 Å². The summed E-state index contributed by atoms with van der Waals surface area (Å²) in [5, 5.41) is 3.24. The maximum Gasteiger partial charge on any atom is 0.158 e. The Morgan fingerprint density at radius 2 is 1.89 bits per heavy atom. The van der Waals surface area contributed by atoms with E-state index in [1.54, 1.807) is 0 Å². The molecular formula is C13H28N2O3. The Morgan fingerprint density at radius 1 is 1.11 bits per heavy atom. The van der Waals surface area contributed by atoms with Crippen molar-refractivity contribution in [2.75, 3.05) is 46.1 Å². The minimum atomic E-state index is 0.146. The third kappa shape index (κ3) is 13.6. The number of ether oxygens (including phenoxy) is 2. The van der Waals surface area contributed by atoms with E-state index >= 15 is 0 Å². The molecule has 0 aromatic rings. The molecule has 5 nitrogen and oxygen atoms in total. The number of carbonyl (C=O) groups excluding carboxylic acids is 1. The summed E-state index contributed by atoms with van der Waals surface area (Å²) in [6.07, 6.45) is 3.46. The van der Waals surface area contributed by atoms with Crippen molar-refractivity contribution in [2.24, 2.45) is 5.73 Å². The molecule has 0 heterocycles. The number of Topliss-reactive ketones (excluding diaryl/α,β-unsaturated/α-hetero) is 1. The van der Waals surface area contributed by atoms with Crippen LogP contribution in [-0.4, -0.2) is 51.8 Å². The normalized spacial score (nSPS) is 10.8. The van der Waals surface area contributed by atoms with E-state index in [1.165, 1.54) is 0 Å². The van der Waals surface area contributed by atoms with Crippen LogP contribution in [0, 0.1) is 0 Å². The highest BCUT2D eigenvalue weighted by Crippen LogP contribution is 1.95. The fraction of sp³-hybridized carbons (Fsp3) is 0.923. The molecule has 0 aromatic heterocycles. The molecule has 5 heteroatoms. The first-order chi connectivity index (χ1) is 8.81. The van der Waals surface area contributed by atoms with Crippen molar-refractivity contribution in [2.45, 2.75) is 32.6 Å². The van der Waals surface area contributed by atoms with Crippen LogP contribution in [0.1, 0.15) is 32.6 Å². The van der Waals surface area contributed by atoms with Crippen LogP contribution in [-0.2, 0) is 14.3 Å². The van der Waals surface area contributed by atoms with E-state index in [-0.39, 0.29) is 12.4 Å². The average molecular weight is 260 g/mol. The lowest BCUT2D eigenvalue weighted by Gasteiger charge is -2.06. The number of hydrogen-bond acceptors (Lipinski definition) is 5. The van der Waals surface area contributed by atoms with Gasteiger partial charge in [-0.3, -0.25) is 4.79 Å². The van der Waals surface area contributed by atoms with E-state index in [0.717, 1.165) is 32.4 Å². The van der Waals surface area contributed by atoms with Crippen molar-refractivity contribution in [3.63, 3.8) is 0 Å². The van der Waals surface area contributed by atoms with Crippen molar-refractivity contribution in [3.8, 4) is 0 Å². The predicted molar refractivity (Wildman–Crippen MR) is 72.7 cm³/mol. The standard InChI is InChI=1S/C13H28N2O3/c1-2-7-15-8-9-17-10-11-18-12-13(16)5-3-4-6-14/h15H,2-12,14H2,1H3. The zero-order chi connectivity index (χ0) is 13.5. The topological polar surface area (TPSA) is 73.6 Å². The van der Waals surface area contributed by atoms with Gasteiger partial charge in [-0.1, -0.05) is 6.92 Å². The van der Waals surface area contributed by atoms with Gasteiger partial charge in [0, 0.05) is 13.0 Å². The molecule has 3 N–H and O–H groups in total. The van der Waals surface area contributed by atoms with Crippen LogP contribution in [0.15, 0.2) is 0 Å². The van der Waals surface area contributed by atoms with Gasteiger partial charge >= 0.3 is 0 Å². The minimum Gasteiger partial charge on any atom is -0.378 e. The molecule has 0 aliphatic rings. The number of ketones is 1. The van der Waals surface area contributed by atoms with E-state index in [2.05, 4.69) is 12.2 Å². The summed E-state index contributed by atoms with van der Waals surface area (Å²) in [5.41, 5.74) is 5.35. The van der Waals surface area contributed by atoms with Crippen LogP contribution in [0.25, 0.3) is 0 Å². The molecule has 0 rings (SSSR count). The van der Waals surface area contributed by atoms with Gasteiger partial charge in [0.15, 0.2) is 5.78 Å². The van der Waals surface area contributed by atoms with Crippen LogP contribution >= 0.6 is 0 Å². The second kappa shape index (κ2) is 14.6. The Kier molecular flexibility index (Phi) is 14.2. The zero-order valence-electron chi connectivity index (χ0n) is 11.6. The molecule has 0 spiro atoms. The van der Waals surface area contributed by atoms with Crippen LogP contribution < -0.4 is 11.1 Å². The first kappa shape index (κ1) is 17.5. The van der Waals surface area contributed by atoms with Gasteiger partial charge in [-0.05, 0) is 32.4 Å². The van der Waals surface area contributed by atoms with Crippen molar-refractivity contribution in [1.82, 2.24) is 5.32 Å². The van der Waals surface area contributed by atoms with E-state index in [0.29, 0.717) is 32.8 Å². The summed E-state index contributed by atoms with van der Waals surface area (Å²) >= 11 is 0. The third-order valence-electron chi connectivity index (χ3n) is 2.39. The molecule has 0 aliphatic heterocycles. The van der Waals surface area contributed by atoms with Crippen LogP contribution in [0.4, 0.5) is 0 Å². The maximum absolute atomic E-state index is 11.3. The number of nitrogens with two attached hydrogens (primary N) is 1. The molecule has 18 heavy (non-hydrogen) atoms. The highest BCUT2D eigenvalue weighted by Gasteiger charge is 2.01. The number of rotatable bonds is 14. The van der Waals surface area contributed by atoms with Crippen LogP contribution in [0.2, 0.25) is 0 Å². The first-order valence-electron chi connectivity index (χ1n) is 6.89. The molecule has 0 bridgehead atoms. The van der Waals surface area contributed by atoms with Gasteiger partial charge in [0.1, 0.15) is 6.61 Å². The Bertz CT molecular complexity index is 189. The molecule has 0 amide bonds. The van der Waals surface area contributed by atoms with Gasteiger partial charge in [0.2, 0.25) is 0 Å². The molecular weight excluding hydrogens is 232 g/mol. The number of unbranched alkanes of at least 4 members (excludes halogenated alkanes) is 1. The van der Waals surface area contributed by atoms with Crippen molar-refractivity contribution >= 4 is 5.78 Å². The number of carbonyl (C=O) groups is 1. The molecule has 0 radical (unpaired) electrons. The van der Waals surface area contributed by atoms with Gasteiger partial charge in [-0.15, -0.1) is 0 Å². The van der Waals surface area contributed by atoms with E-state index < -0.39 is 0 Å². The highest BCUT2D eigenvalue weighted by molar-refractivity contribution is 5.79. The predicted octanol–water partition coefficient (Wildman–Crippen LogP) is 0.717. The molecule has 0 atom stereocenters. The zero-order valence-corrected chi connectivity index (χ0v) is 11.6. The first-order valence-corrected chi connectivity index (χ1v) is 6.89. The summed E-state index contributed by atoms with van der Waals surface area (Å²) in [4.78, 5) is 11.3. The summed E-state index contributed by atoms with van der Waals surface area (Å²) in [7, 11) is 0. The molecule has 0 fully saturated rings. The SMILES string of the molecule is CCCNCCOCCOCC(=O)CCCCN. The fourth-order valence-electron chi connectivity index (χ4n) is 1.39. The Labute approximate surface area is 110 Å². The van der Waals surface area contributed by atoms with E-state index in [4.69, 9.17) is 15.2 Å². The molecule has 0 aliphatic carbocycles. The Hall–Kier alpha value is -0.490. The Morgan fingerprint density at radius 3 is 2.61 bits per heavy atom. The smallest absolute Gasteiger partial charge is 0.158 e. The number of nitrogens with one attached hydrogen (secondary N) is 1. The van der Waals surface area contributed by atoms with Crippen molar-refractivity contribution in [3.05, 3.63) is 0 Å². The van der Waals surface area contributed by atoms with Crippen LogP contribution in [0.5, 0.6) is 0 Å². The van der Waals surface area contributed by atoms with Gasteiger partial charge in [0.05, 0.1) is 19.8 Å². The second-order valence-electron chi connectivity index (χ2n) is 4.20. The lowest BCUT2D eigenvalue weighted by Crippen LogP contribution is -2.21. The largest absolute Gasteiger partial charge is 0.378 e. The molecule has 108 valence electrons. The molecule has 0 saturated heterocycles. The van der Waals surface area contributed by atoms with Crippen molar-refractivity contribution < 1.29 is 14.3 Å². The van der Waals surface area contributed by atoms with Crippen molar-refractivity contribution in [1.29, 1.82) is 0 Å². The monoisotopic (exact) mass is 260 g/mol. The van der Waals surface area contributed by atoms with Gasteiger partial charge in [-0.25, -0.2) is 0 Å². The lowest BCUT2D eigenvalue weighted by atomic mass is 10.2. The third-order valence-corrected chi connectivity index (χ3v) is 2.39. The van der Waals surface area contributed by atoms with E-state index in [1.807, 2.05) is 0 Å². The second-order valence-corrected chi connectivity index (χ2v) is 4.20. The minimum absolute atomic E-state index is 0.146. The lowest BCUT2D eigenvalue weighted by molar-refractivity contribution is -0.124. The van der Waals surface area contributed by atoms with Gasteiger partial charge in [0.25, 0.3) is 0 Å². The quantitative estimate of drug-likeness (QED) is 0.450. The molecule has 0 unspecified atom stereocenters. The fourth-order valence-corrected chi connectivity index (χ4v) is 1.39. The maximum atomic E-state index is 11.3. The summed E-state index contributed by atoms with van der Waals surface area (Å²) in [6, 6.07) is 0.